The molecule has 1 heterocycles. The van der Waals surface area contributed by atoms with Crippen LogP contribution in [0.1, 0.15) is 12.5 Å². The monoisotopic (exact) mass is 376 g/mol. The van der Waals surface area contributed by atoms with E-state index in [-0.39, 0.29) is 29.3 Å². The lowest BCUT2D eigenvalue weighted by Crippen LogP contribution is -2.52. The summed E-state index contributed by atoms with van der Waals surface area (Å²) in [6, 6.07) is 14.3. The molecule has 138 valence electrons. The highest BCUT2D eigenvalue weighted by Gasteiger charge is 2.36. The van der Waals surface area contributed by atoms with Crippen LogP contribution in [0.5, 0.6) is 0 Å². The van der Waals surface area contributed by atoms with E-state index in [9.17, 15) is 18.5 Å². The fourth-order valence-electron chi connectivity index (χ4n) is 3.03. The van der Waals surface area contributed by atoms with Crippen LogP contribution in [-0.4, -0.2) is 42.9 Å². The van der Waals surface area contributed by atoms with Crippen LogP contribution in [0, 0.1) is 10.1 Å². The molecule has 1 saturated heterocycles. The lowest BCUT2D eigenvalue weighted by Gasteiger charge is -2.37. The molecule has 26 heavy (non-hydrogen) atoms. The number of hydrogen-bond donors (Lipinski definition) is 0. The topological polar surface area (TPSA) is 89.8 Å². The lowest BCUT2D eigenvalue weighted by molar-refractivity contribution is -0.384. The third kappa shape index (κ3) is 3.92. The van der Waals surface area contributed by atoms with E-state index in [2.05, 4.69) is 0 Å². The van der Waals surface area contributed by atoms with Crippen LogP contribution < -0.4 is 0 Å². The summed E-state index contributed by atoms with van der Waals surface area (Å²) in [6.07, 6.45) is 0.328. The Morgan fingerprint density at radius 3 is 2.42 bits per heavy atom. The zero-order valence-electron chi connectivity index (χ0n) is 14.3. The summed E-state index contributed by atoms with van der Waals surface area (Å²) in [5, 5.41) is 10.8. The van der Waals surface area contributed by atoms with Gasteiger partial charge in [0.15, 0.2) is 0 Å². The zero-order valence-corrected chi connectivity index (χ0v) is 15.1. The van der Waals surface area contributed by atoms with Gasteiger partial charge in [-0.25, -0.2) is 8.42 Å². The van der Waals surface area contributed by atoms with Crippen molar-refractivity contribution in [3.8, 4) is 0 Å². The standard InChI is InChI=1S/C18H20N2O5S/c1-14-12-19(17(13-25-14)11-15-5-3-2-4-6-15)26(23,24)18-9-7-16(8-10-18)20(21)22/h2-10,14,17H,11-13H2,1H3/t14-,17-/m0/s1. The highest BCUT2D eigenvalue weighted by Crippen LogP contribution is 2.26. The van der Waals surface area contributed by atoms with Crippen molar-refractivity contribution in [2.45, 2.75) is 30.4 Å². The summed E-state index contributed by atoms with van der Waals surface area (Å²) in [5.41, 5.74) is 0.889. The van der Waals surface area contributed by atoms with Gasteiger partial charge < -0.3 is 4.74 Å². The number of nitro benzene ring substituents is 1. The molecule has 8 heteroatoms. The molecule has 0 aromatic heterocycles. The summed E-state index contributed by atoms with van der Waals surface area (Å²) >= 11 is 0. The quantitative estimate of drug-likeness (QED) is 0.591. The second kappa shape index (κ2) is 7.53. The van der Waals surface area contributed by atoms with E-state index in [1.54, 1.807) is 0 Å². The molecule has 0 N–H and O–H groups in total. The summed E-state index contributed by atoms with van der Waals surface area (Å²) in [6.45, 7) is 2.39. The SMILES string of the molecule is C[C@H]1CN(S(=O)(=O)c2ccc([N+](=O)[O-])cc2)[C@@H](Cc2ccccc2)CO1. The average molecular weight is 376 g/mol. The third-order valence-corrected chi connectivity index (χ3v) is 6.32. The van der Waals surface area contributed by atoms with Crippen molar-refractivity contribution in [2.24, 2.45) is 0 Å². The van der Waals surface area contributed by atoms with Crippen molar-refractivity contribution in [3.05, 3.63) is 70.3 Å². The third-order valence-electron chi connectivity index (χ3n) is 4.39. The average Bonchev–Trinajstić information content (AvgIpc) is 2.64. The van der Waals surface area contributed by atoms with E-state index < -0.39 is 14.9 Å². The fraction of sp³-hybridized carbons (Fsp3) is 0.333. The highest BCUT2D eigenvalue weighted by atomic mass is 32.2. The van der Waals surface area contributed by atoms with Gasteiger partial charge in [0.25, 0.3) is 5.69 Å². The van der Waals surface area contributed by atoms with Gasteiger partial charge in [0.2, 0.25) is 10.0 Å². The molecule has 1 fully saturated rings. The molecule has 2 aromatic rings. The van der Waals surface area contributed by atoms with Crippen molar-refractivity contribution in [1.29, 1.82) is 0 Å². The van der Waals surface area contributed by atoms with Gasteiger partial charge >= 0.3 is 0 Å². The molecule has 2 aromatic carbocycles. The number of nitrogens with zero attached hydrogens (tertiary/aromatic N) is 2. The minimum atomic E-state index is -3.78. The first-order valence-corrected chi connectivity index (χ1v) is 9.74. The van der Waals surface area contributed by atoms with Crippen molar-refractivity contribution < 1.29 is 18.1 Å². The van der Waals surface area contributed by atoms with Gasteiger partial charge in [-0.1, -0.05) is 30.3 Å². The summed E-state index contributed by atoms with van der Waals surface area (Å²) in [5.74, 6) is 0. The molecule has 0 radical (unpaired) electrons. The minimum Gasteiger partial charge on any atom is -0.375 e. The van der Waals surface area contributed by atoms with Crippen LogP contribution in [0.15, 0.2) is 59.5 Å². The first-order valence-electron chi connectivity index (χ1n) is 8.30. The van der Waals surface area contributed by atoms with Gasteiger partial charge in [0.05, 0.1) is 28.6 Å². The normalized spacial score (nSPS) is 21.4. The molecular formula is C18H20N2O5S. The number of ether oxygens (including phenoxy) is 1. The highest BCUT2D eigenvalue weighted by molar-refractivity contribution is 7.89. The molecular weight excluding hydrogens is 356 g/mol. The van der Waals surface area contributed by atoms with Gasteiger partial charge in [-0.15, -0.1) is 0 Å². The van der Waals surface area contributed by atoms with Crippen molar-refractivity contribution in [2.75, 3.05) is 13.2 Å². The number of nitro groups is 1. The van der Waals surface area contributed by atoms with Gasteiger partial charge in [-0.2, -0.15) is 4.31 Å². The maximum atomic E-state index is 13.1. The Morgan fingerprint density at radius 1 is 1.15 bits per heavy atom. The summed E-state index contributed by atoms with van der Waals surface area (Å²) in [7, 11) is -3.78. The predicted octanol–water partition coefficient (Wildman–Crippen LogP) is 2.62. The van der Waals surface area contributed by atoms with Gasteiger partial charge in [-0.3, -0.25) is 10.1 Å². The second-order valence-corrected chi connectivity index (χ2v) is 8.20. The van der Waals surface area contributed by atoms with Crippen LogP contribution in [-0.2, 0) is 21.2 Å². The van der Waals surface area contributed by atoms with E-state index in [0.717, 1.165) is 5.56 Å². The summed E-state index contributed by atoms with van der Waals surface area (Å²) in [4.78, 5) is 10.3. The number of rotatable bonds is 5. The van der Waals surface area contributed by atoms with E-state index in [0.29, 0.717) is 13.0 Å². The van der Waals surface area contributed by atoms with Crippen LogP contribution in [0.4, 0.5) is 5.69 Å². The van der Waals surface area contributed by atoms with Crippen LogP contribution in [0.2, 0.25) is 0 Å². The largest absolute Gasteiger partial charge is 0.375 e. The van der Waals surface area contributed by atoms with Crippen molar-refractivity contribution >= 4 is 15.7 Å². The van der Waals surface area contributed by atoms with Gasteiger partial charge in [0, 0.05) is 18.7 Å². The predicted molar refractivity (Wildman–Crippen MR) is 96.3 cm³/mol. The maximum Gasteiger partial charge on any atom is 0.269 e. The molecule has 1 aliphatic rings. The Hall–Kier alpha value is -2.29. The van der Waals surface area contributed by atoms with Crippen LogP contribution >= 0.6 is 0 Å². The molecule has 2 atom stereocenters. The zero-order chi connectivity index (χ0) is 18.7. The number of non-ortho nitro benzene ring substituents is 1. The number of sulfonamides is 1. The lowest BCUT2D eigenvalue weighted by atomic mass is 10.1. The number of benzene rings is 2. The molecule has 0 amide bonds. The molecule has 0 bridgehead atoms. The van der Waals surface area contributed by atoms with Crippen molar-refractivity contribution in [3.63, 3.8) is 0 Å². The molecule has 0 aliphatic carbocycles. The van der Waals surface area contributed by atoms with E-state index >= 15 is 0 Å². The molecule has 0 saturated carbocycles. The Balaban J connectivity index is 1.89. The molecule has 1 aliphatic heterocycles. The van der Waals surface area contributed by atoms with Gasteiger partial charge in [0.1, 0.15) is 0 Å². The Labute approximate surface area is 152 Å². The van der Waals surface area contributed by atoms with Crippen LogP contribution in [0.3, 0.4) is 0 Å². The van der Waals surface area contributed by atoms with E-state index in [4.69, 9.17) is 4.74 Å². The first-order chi connectivity index (χ1) is 12.4. The number of morpholine rings is 1. The van der Waals surface area contributed by atoms with E-state index in [1.807, 2.05) is 37.3 Å². The Bertz CT molecular complexity index is 868. The Kier molecular flexibility index (Phi) is 5.36. The summed E-state index contributed by atoms with van der Waals surface area (Å²) < 4.78 is 33.4. The first kappa shape index (κ1) is 18.5. The second-order valence-electron chi connectivity index (χ2n) is 6.31. The van der Waals surface area contributed by atoms with Crippen molar-refractivity contribution in [1.82, 2.24) is 4.31 Å². The molecule has 3 rings (SSSR count). The minimum absolute atomic E-state index is 0.0512. The molecule has 0 unspecified atom stereocenters. The smallest absolute Gasteiger partial charge is 0.269 e. The van der Waals surface area contributed by atoms with Gasteiger partial charge in [-0.05, 0) is 31.0 Å². The van der Waals surface area contributed by atoms with E-state index in [1.165, 1.54) is 28.6 Å². The van der Waals surface area contributed by atoms with Crippen LogP contribution in [0.25, 0.3) is 0 Å². The number of hydrogen-bond acceptors (Lipinski definition) is 5. The molecule has 7 nitrogen and oxygen atoms in total. The molecule has 0 spiro atoms. The fourth-order valence-corrected chi connectivity index (χ4v) is 4.72. The maximum absolute atomic E-state index is 13.1. The Morgan fingerprint density at radius 2 is 1.81 bits per heavy atom.